The molecule has 0 fully saturated rings. The molecule has 0 aliphatic rings. The topological polar surface area (TPSA) is 151 Å². The standard InChI is InChI=1S/C21H15ClN4O6/c1-31-16-9-12(6-7-17-24-20(27)18(26(29)30)21(28)25-17)8-15(22)19(16)32-11-14-5-3-2-4-13(14)10-23/h2-9H,11H2,1H3,(H2,24,25,27,28)/b7-6+. The van der Waals surface area contributed by atoms with Crippen LogP contribution in [0.1, 0.15) is 22.5 Å². The summed E-state index contributed by atoms with van der Waals surface area (Å²) in [6.07, 6.45) is 2.84. The number of benzene rings is 2. The van der Waals surface area contributed by atoms with E-state index in [0.29, 0.717) is 22.4 Å². The molecule has 11 heteroatoms. The van der Waals surface area contributed by atoms with Gasteiger partial charge in [0.25, 0.3) is 5.88 Å². The molecule has 2 N–H and O–H groups in total. The van der Waals surface area contributed by atoms with E-state index in [2.05, 4.69) is 16.0 Å². The summed E-state index contributed by atoms with van der Waals surface area (Å²) in [4.78, 5) is 27.3. The Labute approximate surface area is 186 Å². The average Bonchev–Trinajstić information content (AvgIpc) is 2.76. The van der Waals surface area contributed by atoms with Gasteiger partial charge >= 0.3 is 11.2 Å². The van der Waals surface area contributed by atoms with Crippen LogP contribution in [0.3, 0.4) is 0 Å². The van der Waals surface area contributed by atoms with E-state index in [4.69, 9.17) is 21.1 Å². The average molecular weight is 455 g/mol. The van der Waals surface area contributed by atoms with Crippen LogP contribution in [0.2, 0.25) is 5.02 Å². The molecule has 3 aromatic rings. The van der Waals surface area contributed by atoms with Crippen molar-refractivity contribution in [2.75, 3.05) is 7.11 Å². The quantitative estimate of drug-likeness (QED) is 0.405. The second kappa shape index (κ2) is 9.63. The van der Waals surface area contributed by atoms with Gasteiger partial charge in [0.1, 0.15) is 12.4 Å². The van der Waals surface area contributed by atoms with E-state index in [9.17, 15) is 25.3 Å². The van der Waals surface area contributed by atoms with Crippen molar-refractivity contribution in [2.24, 2.45) is 0 Å². The minimum absolute atomic E-state index is 0.0957. The Morgan fingerprint density at radius 2 is 2.09 bits per heavy atom. The van der Waals surface area contributed by atoms with E-state index in [1.54, 1.807) is 36.4 Å². The molecule has 0 bridgehead atoms. The van der Waals surface area contributed by atoms with Crippen LogP contribution in [0.15, 0.2) is 41.2 Å². The third-order valence-electron chi connectivity index (χ3n) is 4.27. The SMILES string of the molecule is COc1cc(/C=C/c2nc(O)c([N+](=O)[O-])c(=O)[nH]2)cc(Cl)c1OCc1ccccc1C#N. The highest BCUT2D eigenvalue weighted by Gasteiger charge is 2.21. The molecule has 1 aromatic heterocycles. The zero-order valence-corrected chi connectivity index (χ0v) is 17.3. The number of nitriles is 1. The molecule has 32 heavy (non-hydrogen) atoms. The molecule has 0 spiro atoms. The van der Waals surface area contributed by atoms with Gasteiger partial charge in [0.2, 0.25) is 0 Å². The predicted octanol–water partition coefficient (Wildman–Crippen LogP) is 3.67. The summed E-state index contributed by atoms with van der Waals surface area (Å²) in [7, 11) is 1.43. The van der Waals surface area contributed by atoms with Gasteiger partial charge in [0, 0.05) is 5.56 Å². The largest absolute Gasteiger partial charge is 0.493 e. The first-order valence-corrected chi connectivity index (χ1v) is 9.36. The summed E-state index contributed by atoms with van der Waals surface area (Å²) in [5.41, 5.74) is -0.414. The van der Waals surface area contributed by atoms with Crippen LogP contribution in [0, 0.1) is 21.4 Å². The Hall–Kier alpha value is -4.36. The molecule has 0 atom stereocenters. The van der Waals surface area contributed by atoms with E-state index in [1.165, 1.54) is 19.3 Å². The summed E-state index contributed by atoms with van der Waals surface area (Å²) in [6, 6.07) is 12.3. The van der Waals surface area contributed by atoms with Gasteiger partial charge in [-0.1, -0.05) is 35.9 Å². The van der Waals surface area contributed by atoms with E-state index >= 15 is 0 Å². The third-order valence-corrected chi connectivity index (χ3v) is 4.55. The van der Waals surface area contributed by atoms with Crippen molar-refractivity contribution >= 4 is 29.4 Å². The molecular formula is C21H15ClN4O6. The Balaban J connectivity index is 1.86. The summed E-state index contributed by atoms with van der Waals surface area (Å²) < 4.78 is 11.1. The fourth-order valence-corrected chi connectivity index (χ4v) is 3.05. The number of halogens is 1. The molecule has 10 nitrogen and oxygen atoms in total. The normalized spacial score (nSPS) is 10.7. The van der Waals surface area contributed by atoms with Gasteiger partial charge in [0.15, 0.2) is 11.5 Å². The number of ether oxygens (including phenoxy) is 2. The fraction of sp³-hybridized carbons (Fsp3) is 0.0952. The molecular weight excluding hydrogens is 440 g/mol. The van der Waals surface area contributed by atoms with Crippen molar-refractivity contribution in [2.45, 2.75) is 6.61 Å². The minimum Gasteiger partial charge on any atom is -0.493 e. The molecule has 0 saturated carbocycles. The molecule has 162 valence electrons. The van der Waals surface area contributed by atoms with Gasteiger partial charge < -0.3 is 19.6 Å². The van der Waals surface area contributed by atoms with Crippen molar-refractivity contribution < 1.29 is 19.5 Å². The minimum atomic E-state index is -1.08. The number of H-pyrrole nitrogens is 1. The molecule has 0 saturated heterocycles. The number of hydrogen-bond donors (Lipinski definition) is 2. The van der Waals surface area contributed by atoms with E-state index in [-0.39, 0.29) is 23.2 Å². The van der Waals surface area contributed by atoms with Crippen LogP contribution in [0.4, 0.5) is 5.69 Å². The van der Waals surface area contributed by atoms with Gasteiger partial charge in [-0.15, -0.1) is 0 Å². The lowest BCUT2D eigenvalue weighted by atomic mass is 10.1. The maximum atomic E-state index is 11.7. The Kier molecular flexibility index (Phi) is 6.72. The first-order chi connectivity index (χ1) is 15.3. The third kappa shape index (κ3) is 4.85. The van der Waals surface area contributed by atoms with Gasteiger partial charge in [-0.3, -0.25) is 14.9 Å². The second-order valence-electron chi connectivity index (χ2n) is 6.31. The number of aromatic nitrogens is 2. The summed E-state index contributed by atoms with van der Waals surface area (Å²) in [5, 5.41) is 29.8. The number of methoxy groups -OCH3 is 1. The lowest BCUT2D eigenvalue weighted by molar-refractivity contribution is -0.387. The molecule has 0 radical (unpaired) electrons. The van der Waals surface area contributed by atoms with Crippen molar-refractivity contribution in [3.63, 3.8) is 0 Å². The van der Waals surface area contributed by atoms with Crippen LogP contribution in [0.5, 0.6) is 17.4 Å². The molecule has 3 rings (SSSR count). The van der Waals surface area contributed by atoms with Crippen LogP contribution in [0.25, 0.3) is 12.2 Å². The second-order valence-corrected chi connectivity index (χ2v) is 6.71. The maximum absolute atomic E-state index is 11.7. The lowest BCUT2D eigenvalue weighted by Gasteiger charge is -2.14. The molecule has 0 aliphatic heterocycles. The number of rotatable bonds is 7. The van der Waals surface area contributed by atoms with Crippen LogP contribution in [-0.2, 0) is 6.61 Å². The molecule has 0 unspecified atom stereocenters. The zero-order chi connectivity index (χ0) is 23.3. The van der Waals surface area contributed by atoms with Crippen LogP contribution < -0.4 is 15.0 Å². The number of aromatic hydroxyl groups is 1. The van der Waals surface area contributed by atoms with Crippen molar-refractivity contribution in [3.05, 3.63) is 84.4 Å². The number of aromatic amines is 1. The first kappa shape index (κ1) is 22.3. The first-order valence-electron chi connectivity index (χ1n) is 8.98. The Bertz CT molecular complexity index is 1310. The van der Waals surface area contributed by atoms with Crippen molar-refractivity contribution in [3.8, 4) is 23.4 Å². The number of nitrogens with zero attached hydrogens (tertiary/aromatic N) is 3. The highest BCUT2D eigenvalue weighted by molar-refractivity contribution is 6.32. The van der Waals surface area contributed by atoms with Gasteiger partial charge in [-0.05, 0) is 29.8 Å². The van der Waals surface area contributed by atoms with Crippen molar-refractivity contribution in [1.29, 1.82) is 5.26 Å². The highest BCUT2D eigenvalue weighted by atomic mass is 35.5. The van der Waals surface area contributed by atoms with Gasteiger partial charge in [-0.25, -0.2) is 0 Å². The Morgan fingerprint density at radius 1 is 1.34 bits per heavy atom. The maximum Gasteiger partial charge on any atom is 0.395 e. The number of nitro groups is 1. The molecule has 1 heterocycles. The fourth-order valence-electron chi connectivity index (χ4n) is 2.77. The summed E-state index contributed by atoms with van der Waals surface area (Å²) in [5.74, 6) is -0.491. The zero-order valence-electron chi connectivity index (χ0n) is 16.5. The highest BCUT2D eigenvalue weighted by Crippen LogP contribution is 2.37. The number of nitrogens with one attached hydrogen (secondary N) is 1. The van der Waals surface area contributed by atoms with E-state index in [1.807, 2.05) is 0 Å². The predicted molar refractivity (Wildman–Crippen MR) is 116 cm³/mol. The number of hydrogen-bond acceptors (Lipinski definition) is 8. The van der Waals surface area contributed by atoms with Crippen molar-refractivity contribution in [1.82, 2.24) is 9.97 Å². The van der Waals surface area contributed by atoms with Gasteiger partial charge in [0.05, 0.1) is 28.7 Å². The summed E-state index contributed by atoms with van der Waals surface area (Å²) in [6.45, 7) is 0.0994. The monoisotopic (exact) mass is 454 g/mol. The molecule has 2 aromatic carbocycles. The van der Waals surface area contributed by atoms with Crippen LogP contribution >= 0.6 is 11.6 Å². The molecule has 0 aliphatic carbocycles. The van der Waals surface area contributed by atoms with Crippen LogP contribution in [-0.4, -0.2) is 27.1 Å². The van der Waals surface area contributed by atoms with Gasteiger partial charge in [-0.2, -0.15) is 10.2 Å². The smallest absolute Gasteiger partial charge is 0.395 e. The van der Waals surface area contributed by atoms with E-state index < -0.39 is 22.0 Å². The lowest BCUT2D eigenvalue weighted by Crippen LogP contribution is -2.14. The summed E-state index contributed by atoms with van der Waals surface area (Å²) >= 11 is 6.35. The molecule has 0 amide bonds. The Morgan fingerprint density at radius 3 is 2.75 bits per heavy atom. The van der Waals surface area contributed by atoms with E-state index in [0.717, 1.165) is 0 Å².